The molecule has 2 atom stereocenters. The summed E-state index contributed by atoms with van der Waals surface area (Å²) in [7, 11) is 0. The highest BCUT2D eigenvalue weighted by Crippen LogP contribution is 2.22. The van der Waals surface area contributed by atoms with Gasteiger partial charge in [0.15, 0.2) is 0 Å². The minimum absolute atomic E-state index is 0.606. The van der Waals surface area contributed by atoms with E-state index in [2.05, 4.69) is 22.0 Å². The summed E-state index contributed by atoms with van der Waals surface area (Å²) in [5.74, 6) is 1.02. The molecule has 0 aromatic carbocycles. The predicted molar refractivity (Wildman–Crippen MR) is 80.7 cm³/mol. The molecule has 3 rings (SSSR count). The average Bonchev–Trinajstić information content (AvgIpc) is 3.00. The van der Waals surface area contributed by atoms with Crippen LogP contribution in [0.4, 0.5) is 0 Å². The van der Waals surface area contributed by atoms with Gasteiger partial charge in [-0.1, -0.05) is 6.42 Å². The molecule has 4 nitrogen and oxygen atoms in total. The second kappa shape index (κ2) is 6.74. The van der Waals surface area contributed by atoms with E-state index in [1.165, 1.54) is 45.4 Å². The van der Waals surface area contributed by atoms with Gasteiger partial charge in [0.25, 0.3) is 0 Å². The zero-order valence-electron chi connectivity index (χ0n) is 12.6. The molecule has 0 saturated carbocycles. The van der Waals surface area contributed by atoms with Crippen molar-refractivity contribution in [2.75, 3.05) is 32.7 Å². The number of nitrogens with zero attached hydrogens (tertiary/aromatic N) is 2. The van der Waals surface area contributed by atoms with Gasteiger partial charge in [-0.15, -0.1) is 0 Å². The van der Waals surface area contributed by atoms with Gasteiger partial charge in [0.2, 0.25) is 0 Å². The average molecular weight is 277 g/mol. The summed E-state index contributed by atoms with van der Waals surface area (Å²) in [4.78, 5) is 5.35. The second-order valence-electron chi connectivity index (χ2n) is 6.24. The van der Waals surface area contributed by atoms with Gasteiger partial charge in [0.05, 0.1) is 12.8 Å². The molecule has 2 aliphatic rings. The molecule has 1 N–H and O–H groups in total. The summed E-state index contributed by atoms with van der Waals surface area (Å²) in [6.07, 6.45) is 5.95. The van der Waals surface area contributed by atoms with Crippen molar-refractivity contribution in [3.63, 3.8) is 0 Å². The predicted octanol–water partition coefficient (Wildman–Crippen LogP) is 1.93. The largest absolute Gasteiger partial charge is 0.468 e. The standard InChI is InChI=1S/C16H27N3O/c1-14(11-17-12-16-6-4-10-20-16)19-9-8-18-7-3-2-5-15(18)13-19/h4,6,10,14-15,17H,2-3,5,7-9,11-13H2,1H3. The van der Waals surface area contributed by atoms with E-state index in [4.69, 9.17) is 4.42 Å². The van der Waals surface area contributed by atoms with Crippen molar-refractivity contribution in [2.24, 2.45) is 0 Å². The van der Waals surface area contributed by atoms with Crippen LogP contribution < -0.4 is 5.32 Å². The quantitative estimate of drug-likeness (QED) is 0.891. The maximum Gasteiger partial charge on any atom is 0.117 e. The van der Waals surface area contributed by atoms with Gasteiger partial charge in [-0.25, -0.2) is 0 Å². The van der Waals surface area contributed by atoms with Crippen LogP contribution in [0.3, 0.4) is 0 Å². The summed E-state index contributed by atoms with van der Waals surface area (Å²) in [5, 5.41) is 3.51. The summed E-state index contributed by atoms with van der Waals surface area (Å²) in [6, 6.07) is 5.39. The Morgan fingerprint density at radius 3 is 3.15 bits per heavy atom. The molecule has 1 aromatic heterocycles. The SMILES string of the molecule is CC(CNCc1ccco1)N1CCN2CCCCC2C1. The minimum atomic E-state index is 0.606. The van der Waals surface area contributed by atoms with Crippen LogP contribution in [-0.4, -0.2) is 54.6 Å². The van der Waals surface area contributed by atoms with Crippen molar-refractivity contribution in [1.82, 2.24) is 15.1 Å². The van der Waals surface area contributed by atoms with E-state index >= 15 is 0 Å². The van der Waals surface area contributed by atoms with Gasteiger partial charge in [0, 0.05) is 38.3 Å². The van der Waals surface area contributed by atoms with Crippen LogP contribution in [0.5, 0.6) is 0 Å². The molecule has 4 heteroatoms. The Kier molecular flexibility index (Phi) is 4.76. The van der Waals surface area contributed by atoms with E-state index in [9.17, 15) is 0 Å². The Balaban J connectivity index is 1.42. The molecule has 0 spiro atoms. The van der Waals surface area contributed by atoms with Crippen LogP contribution in [0.25, 0.3) is 0 Å². The lowest BCUT2D eigenvalue weighted by Gasteiger charge is -2.46. The highest BCUT2D eigenvalue weighted by molar-refractivity contribution is 4.97. The molecule has 3 heterocycles. The van der Waals surface area contributed by atoms with Crippen molar-refractivity contribution in [3.05, 3.63) is 24.2 Å². The van der Waals surface area contributed by atoms with Crippen LogP contribution in [0.1, 0.15) is 31.9 Å². The molecular formula is C16H27N3O. The number of piperidine rings is 1. The Hall–Kier alpha value is -0.840. The van der Waals surface area contributed by atoms with Gasteiger partial charge < -0.3 is 9.73 Å². The van der Waals surface area contributed by atoms with Crippen LogP contribution in [-0.2, 0) is 6.54 Å². The maximum atomic E-state index is 5.35. The molecule has 0 radical (unpaired) electrons. The first-order valence-electron chi connectivity index (χ1n) is 8.04. The van der Waals surface area contributed by atoms with Gasteiger partial charge in [-0.05, 0) is 38.4 Å². The number of rotatable bonds is 5. The van der Waals surface area contributed by atoms with Gasteiger partial charge in [-0.3, -0.25) is 9.80 Å². The third-order valence-electron chi connectivity index (χ3n) is 4.81. The van der Waals surface area contributed by atoms with Crippen molar-refractivity contribution in [1.29, 1.82) is 0 Å². The lowest BCUT2D eigenvalue weighted by atomic mass is 9.99. The highest BCUT2D eigenvalue weighted by Gasteiger charge is 2.30. The third kappa shape index (κ3) is 3.43. The second-order valence-corrected chi connectivity index (χ2v) is 6.24. The van der Waals surface area contributed by atoms with Crippen LogP contribution in [0.15, 0.2) is 22.8 Å². The van der Waals surface area contributed by atoms with Gasteiger partial charge in [-0.2, -0.15) is 0 Å². The first-order valence-corrected chi connectivity index (χ1v) is 8.04. The number of furan rings is 1. The zero-order valence-corrected chi connectivity index (χ0v) is 12.6. The van der Waals surface area contributed by atoms with Crippen molar-refractivity contribution >= 4 is 0 Å². The normalized spacial score (nSPS) is 26.4. The zero-order chi connectivity index (χ0) is 13.8. The molecule has 0 aliphatic carbocycles. The Morgan fingerprint density at radius 2 is 2.30 bits per heavy atom. The Labute approximate surface area is 122 Å². The molecule has 2 fully saturated rings. The molecule has 0 amide bonds. The first kappa shape index (κ1) is 14.1. The summed E-state index contributed by atoms with van der Waals surface area (Å²) < 4.78 is 5.35. The van der Waals surface area contributed by atoms with Crippen molar-refractivity contribution in [2.45, 2.75) is 44.8 Å². The molecule has 20 heavy (non-hydrogen) atoms. The molecule has 0 bridgehead atoms. The lowest BCUT2D eigenvalue weighted by molar-refractivity contribution is 0.0310. The highest BCUT2D eigenvalue weighted by atomic mass is 16.3. The Morgan fingerprint density at radius 1 is 1.35 bits per heavy atom. The minimum Gasteiger partial charge on any atom is -0.468 e. The number of hydrogen-bond donors (Lipinski definition) is 1. The van der Waals surface area contributed by atoms with E-state index in [1.807, 2.05) is 12.1 Å². The van der Waals surface area contributed by atoms with Crippen LogP contribution in [0.2, 0.25) is 0 Å². The number of nitrogens with one attached hydrogen (secondary N) is 1. The van der Waals surface area contributed by atoms with Crippen molar-refractivity contribution in [3.8, 4) is 0 Å². The smallest absolute Gasteiger partial charge is 0.117 e. The van der Waals surface area contributed by atoms with Gasteiger partial charge >= 0.3 is 0 Å². The maximum absolute atomic E-state index is 5.35. The molecule has 1 aromatic rings. The van der Waals surface area contributed by atoms with E-state index in [-0.39, 0.29) is 0 Å². The summed E-state index contributed by atoms with van der Waals surface area (Å²) in [6.45, 7) is 9.27. The first-order chi connectivity index (χ1) is 9.83. The van der Waals surface area contributed by atoms with Gasteiger partial charge in [0.1, 0.15) is 5.76 Å². The van der Waals surface area contributed by atoms with Crippen LogP contribution in [0, 0.1) is 0 Å². The Bertz CT molecular complexity index is 392. The fraction of sp³-hybridized carbons (Fsp3) is 0.750. The third-order valence-corrected chi connectivity index (χ3v) is 4.81. The fourth-order valence-electron chi connectivity index (χ4n) is 3.53. The molecule has 2 unspecified atom stereocenters. The lowest BCUT2D eigenvalue weighted by Crippen LogP contribution is -2.57. The van der Waals surface area contributed by atoms with E-state index in [0.29, 0.717) is 6.04 Å². The molecular weight excluding hydrogens is 250 g/mol. The van der Waals surface area contributed by atoms with E-state index in [1.54, 1.807) is 6.26 Å². The molecule has 2 aliphatic heterocycles. The molecule has 2 saturated heterocycles. The van der Waals surface area contributed by atoms with Crippen LogP contribution >= 0.6 is 0 Å². The topological polar surface area (TPSA) is 31.7 Å². The monoisotopic (exact) mass is 277 g/mol. The van der Waals surface area contributed by atoms with E-state index in [0.717, 1.165) is 24.9 Å². The summed E-state index contributed by atoms with van der Waals surface area (Å²) in [5.41, 5.74) is 0. The number of hydrogen-bond acceptors (Lipinski definition) is 4. The fourth-order valence-corrected chi connectivity index (χ4v) is 3.53. The van der Waals surface area contributed by atoms with E-state index < -0.39 is 0 Å². The number of piperazine rings is 1. The summed E-state index contributed by atoms with van der Waals surface area (Å²) >= 11 is 0. The van der Waals surface area contributed by atoms with Crippen molar-refractivity contribution < 1.29 is 4.42 Å². The number of fused-ring (bicyclic) bond motifs is 1. The molecule has 112 valence electrons.